The van der Waals surface area contributed by atoms with Gasteiger partial charge in [-0.1, -0.05) is 37.3 Å². The van der Waals surface area contributed by atoms with E-state index in [-0.39, 0.29) is 12.1 Å². The molecule has 1 aliphatic rings. The molecule has 146 valence electrons. The largest absolute Gasteiger partial charge is 0.338 e. The highest BCUT2D eigenvalue weighted by molar-refractivity contribution is 5.73. The Labute approximate surface area is 159 Å². The number of carbonyl (C=O) groups excluding carboxylic acids is 1. The van der Waals surface area contributed by atoms with E-state index in [0.717, 1.165) is 31.8 Å². The molecule has 1 aromatic carbocycles. The molecule has 5 heteroatoms. The second-order valence-corrected chi connectivity index (χ2v) is 7.85. The predicted molar refractivity (Wildman–Crippen MR) is 108 cm³/mol. The van der Waals surface area contributed by atoms with Crippen LogP contribution in [0, 0.1) is 5.92 Å². The van der Waals surface area contributed by atoms with Gasteiger partial charge in [0.1, 0.15) is 0 Å². The molecule has 0 radical (unpaired) electrons. The number of likely N-dealkylation sites (N-methyl/N-ethyl adjacent to an activating group) is 1. The van der Waals surface area contributed by atoms with Crippen molar-refractivity contribution in [3.05, 3.63) is 35.9 Å². The highest BCUT2D eigenvalue weighted by Gasteiger charge is 2.16. The number of rotatable bonds is 9. The number of benzene rings is 1. The third-order valence-electron chi connectivity index (χ3n) is 5.22. The molecule has 2 amide bonds. The van der Waals surface area contributed by atoms with Crippen LogP contribution in [-0.4, -0.2) is 68.7 Å². The Morgan fingerprint density at radius 1 is 1.27 bits per heavy atom. The minimum absolute atomic E-state index is 0.0584. The fourth-order valence-corrected chi connectivity index (χ4v) is 3.59. The monoisotopic (exact) mass is 360 g/mol. The Kier molecular flexibility index (Phi) is 8.92. The smallest absolute Gasteiger partial charge is 0.314 e. The number of nitrogens with one attached hydrogen (secondary N) is 2. The zero-order valence-electron chi connectivity index (χ0n) is 16.7. The first-order valence-electron chi connectivity index (χ1n) is 9.99. The Bertz CT molecular complexity index is 520. The molecule has 2 N–H and O–H groups in total. The number of nitrogens with zero attached hydrogens (tertiary/aromatic N) is 2. The van der Waals surface area contributed by atoms with E-state index < -0.39 is 0 Å². The van der Waals surface area contributed by atoms with Crippen LogP contribution < -0.4 is 10.6 Å². The first kappa shape index (κ1) is 20.7. The van der Waals surface area contributed by atoms with E-state index in [0.29, 0.717) is 6.54 Å². The van der Waals surface area contributed by atoms with Gasteiger partial charge in [-0.05, 0) is 64.3 Å². The van der Waals surface area contributed by atoms with Crippen LogP contribution >= 0.6 is 0 Å². The van der Waals surface area contributed by atoms with Gasteiger partial charge >= 0.3 is 6.03 Å². The molecular formula is C21H36N4O. The lowest BCUT2D eigenvalue weighted by atomic mass is 10.0. The van der Waals surface area contributed by atoms with Crippen molar-refractivity contribution in [3.63, 3.8) is 0 Å². The molecule has 1 aromatic rings. The maximum absolute atomic E-state index is 12.1. The molecule has 0 aliphatic carbocycles. The summed E-state index contributed by atoms with van der Waals surface area (Å²) in [5, 5.41) is 6.02. The van der Waals surface area contributed by atoms with Crippen molar-refractivity contribution in [3.8, 4) is 0 Å². The topological polar surface area (TPSA) is 47.6 Å². The van der Waals surface area contributed by atoms with Crippen LogP contribution in [-0.2, 0) is 6.42 Å². The fraction of sp³-hybridized carbons (Fsp3) is 0.667. The predicted octanol–water partition coefficient (Wildman–Crippen LogP) is 2.58. The Morgan fingerprint density at radius 3 is 2.73 bits per heavy atom. The maximum Gasteiger partial charge on any atom is 0.314 e. The van der Waals surface area contributed by atoms with Crippen molar-refractivity contribution >= 4 is 6.03 Å². The van der Waals surface area contributed by atoms with Gasteiger partial charge in [0.05, 0.1) is 0 Å². The Morgan fingerprint density at radius 2 is 2.04 bits per heavy atom. The van der Waals surface area contributed by atoms with Gasteiger partial charge in [0.2, 0.25) is 0 Å². The molecule has 0 aromatic heterocycles. The summed E-state index contributed by atoms with van der Waals surface area (Å²) in [6.07, 6.45) is 4.61. The van der Waals surface area contributed by atoms with E-state index in [1.54, 1.807) is 0 Å². The molecule has 0 bridgehead atoms. The van der Waals surface area contributed by atoms with Crippen LogP contribution in [0.25, 0.3) is 0 Å². The molecular weight excluding hydrogens is 324 g/mol. The number of piperidine rings is 1. The standard InChI is InChI=1S/C21H36N4O/c1-18-9-7-13-25(17-18)14-8-12-22-21(26)23-16-20(24(2)3)15-19-10-5-4-6-11-19/h4-6,10-11,18,20H,7-9,12-17H2,1-3H3,(H2,22,23,26). The lowest BCUT2D eigenvalue weighted by Gasteiger charge is -2.30. The van der Waals surface area contributed by atoms with Gasteiger partial charge in [-0.2, -0.15) is 0 Å². The van der Waals surface area contributed by atoms with Gasteiger partial charge in [0.25, 0.3) is 0 Å². The van der Waals surface area contributed by atoms with Crippen molar-refractivity contribution < 1.29 is 4.79 Å². The van der Waals surface area contributed by atoms with Crippen molar-refractivity contribution in [1.82, 2.24) is 20.4 Å². The Balaban J connectivity index is 1.61. The average molecular weight is 361 g/mol. The van der Waals surface area contributed by atoms with Crippen LogP contribution in [0.5, 0.6) is 0 Å². The van der Waals surface area contributed by atoms with Crippen molar-refractivity contribution in [2.45, 2.75) is 38.6 Å². The third-order valence-corrected chi connectivity index (χ3v) is 5.22. The van der Waals surface area contributed by atoms with Gasteiger partial charge in [0, 0.05) is 25.7 Å². The first-order valence-corrected chi connectivity index (χ1v) is 9.99. The molecule has 0 spiro atoms. The molecule has 2 rings (SSSR count). The molecule has 1 saturated heterocycles. The van der Waals surface area contributed by atoms with Crippen molar-refractivity contribution in [2.24, 2.45) is 5.92 Å². The molecule has 1 heterocycles. The fourth-order valence-electron chi connectivity index (χ4n) is 3.59. The average Bonchev–Trinajstić information content (AvgIpc) is 2.63. The van der Waals surface area contributed by atoms with Crippen LogP contribution in [0.15, 0.2) is 30.3 Å². The van der Waals surface area contributed by atoms with Crippen LogP contribution in [0.2, 0.25) is 0 Å². The van der Waals surface area contributed by atoms with Crippen molar-refractivity contribution in [1.29, 1.82) is 0 Å². The maximum atomic E-state index is 12.1. The normalized spacial score (nSPS) is 19.3. The van der Waals surface area contributed by atoms with Crippen molar-refractivity contribution in [2.75, 3.05) is 46.8 Å². The second kappa shape index (κ2) is 11.2. The van der Waals surface area contributed by atoms with Gasteiger partial charge < -0.3 is 20.4 Å². The summed E-state index contributed by atoms with van der Waals surface area (Å²) in [6.45, 7) is 7.21. The summed E-state index contributed by atoms with van der Waals surface area (Å²) in [5.74, 6) is 0.813. The lowest BCUT2D eigenvalue weighted by molar-refractivity contribution is 0.181. The van der Waals surface area contributed by atoms with E-state index in [2.05, 4.69) is 65.7 Å². The summed E-state index contributed by atoms with van der Waals surface area (Å²) < 4.78 is 0. The van der Waals surface area contributed by atoms with E-state index in [9.17, 15) is 4.79 Å². The van der Waals surface area contributed by atoms with E-state index in [1.807, 2.05) is 6.07 Å². The molecule has 1 aliphatic heterocycles. The molecule has 26 heavy (non-hydrogen) atoms. The first-order chi connectivity index (χ1) is 12.5. The van der Waals surface area contributed by atoms with E-state index >= 15 is 0 Å². The SMILES string of the molecule is CC1CCCN(CCCNC(=O)NCC(Cc2ccccc2)N(C)C)C1. The quantitative estimate of drug-likeness (QED) is 0.666. The molecule has 2 atom stereocenters. The number of likely N-dealkylation sites (tertiary alicyclic amines) is 1. The van der Waals surface area contributed by atoms with Crippen LogP contribution in [0.4, 0.5) is 4.79 Å². The summed E-state index contributed by atoms with van der Waals surface area (Å²) in [5.41, 5.74) is 1.30. The minimum atomic E-state index is -0.0584. The minimum Gasteiger partial charge on any atom is -0.338 e. The van der Waals surface area contributed by atoms with Gasteiger partial charge in [-0.3, -0.25) is 0 Å². The molecule has 5 nitrogen and oxygen atoms in total. The highest BCUT2D eigenvalue weighted by atomic mass is 16.2. The molecule has 2 unspecified atom stereocenters. The molecule has 1 fully saturated rings. The number of hydrogen-bond acceptors (Lipinski definition) is 3. The summed E-state index contributed by atoms with van der Waals surface area (Å²) in [4.78, 5) is 16.8. The van der Waals surface area contributed by atoms with Gasteiger partial charge in [-0.15, -0.1) is 0 Å². The second-order valence-electron chi connectivity index (χ2n) is 7.85. The lowest BCUT2D eigenvalue weighted by Crippen LogP contribution is -2.45. The molecule has 0 saturated carbocycles. The number of urea groups is 1. The summed E-state index contributed by atoms with van der Waals surface area (Å²) >= 11 is 0. The van der Waals surface area contributed by atoms with Gasteiger partial charge in [0.15, 0.2) is 0 Å². The van der Waals surface area contributed by atoms with Crippen LogP contribution in [0.1, 0.15) is 31.7 Å². The highest BCUT2D eigenvalue weighted by Crippen LogP contribution is 2.15. The van der Waals surface area contributed by atoms with E-state index in [1.165, 1.54) is 31.5 Å². The summed E-state index contributed by atoms with van der Waals surface area (Å²) in [7, 11) is 4.12. The number of hydrogen-bond donors (Lipinski definition) is 2. The summed E-state index contributed by atoms with van der Waals surface area (Å²) in [6, 6.07) is 10.7. The number of carbonyl (C=O) groups is 1. The Hall–Kier alpha value is -1.59. The number of amides is 2. The van der Waals surface area contributed by atoms with Gasteiger partial charge in [-0.25, -0.2) is 4.79 Å². The zero-order chi connectivity index (χ0) is 18.8. The van der Waals surface area contributed by atoms with E-state index in [4.69, 9.17) is 0 Å². The zero-order valence-corrected chi connectivity index (χ0v) is 16.7. The third kappa shape index (κ3) is 7.75. The van der Waals surface area contributed by atoms with Crippen LogP contribution in [0.3, 0.4) is 0 Å².